The molecule has 0 aliphatic heterocycles. The molecule has 1 aliphatic rings. The second-order valence-corrected chi connectivity index (χ2v) is 6.51. The van der Waals surface area contributed by atoms with Gasteiger partial charge in [-0.3, -0.25) is 0 Å². The van der Waals surface area contributed by atoms with Gasteiger partial charge in [0.15, 0.2) is 0 Å². The Labute approximate surface area is 110 Å². The highest BCUT2D eigenvalue weighted by molar-refractivity contribution is 4.98. The van der Waals surface area contributed by atoms with E-state index in [0.29, 0.717) is 10.8 Å². The third kappa shape index (κ3) is 2.56. The molecule has 1 unspecified atom stereocenters. The lowest BCUT2D eigenvalue weighted by Crippen LogP contribution is -2.44. The van der Waals surface area contributed by atoms with Crippen LogP contribution in [0.1, 0.15) is 92.4 Å². The summed E-state index contributed by atoms with van der Waals surface area (Å²) in [5, 5.41) is 0. The minimum absolute atomic E-state index is 0.562. The molecule has 0 heteroatoms. The van der Waals surface area contributed by atoms with E-state index in [2.05, 4.69) is 34.6 Å². The molecule has 102 valence electrons. The Kier molecular flexibility index (Phi) is 5.54. The van der Waals surface area contributed by atoms with Gasteiger partial charge in [0.05, 0.1) is 0 Å². The van der Waals surface area contributed by atoms with Crippen molar-refractivity contribution in [1.29, 1.82) is 0 Å². The molecule has 0 aromatic rings. The van der Waals surface area contributed by atoms with E-state index in [1.54, 1.807) is 0 Å². The molecule has 0 radical (unpaired) electrons. The maximum atomic E-state index is 2.57. The van der Waals surface area contributed by atoms with E-state index in [1.807, 2.05) is 0 Å². The highest BCUT2D eigenvalue weighted by Gasteiger charge is 2.49. The highest BCUT2D eigenvalue weighted by atomic mass is 14.5. The molecule has 0 amide bonds. The summed E-state index contributed by atoms with van der Waals surface area (Å²) in [7, 11) is 0. The normalized spacial score (nSPS) is 21.7. The second kappa shape index (κ2) is 6.25. The fourth-order valence-corrected chi connectivity index (χ4v) is 4.77. The topological polar surface area (TPSA) is 0 Å². The molecule has 0 heterocycles. The van der Waals surface area contributed by atoms with Crippen molar-refractivity contribution >= 4 is 0 Å². The van der Waals surface area contributed by atoms with Crippen molar-refractivity contribution in [3.8, 4) is 0 Å². The largest absolute Gasteiger partial charge is 0.0654 e. The van der Waals surface area contributed by atoms with E-state index in [1.165, 1.54) is 57.8 Å². The first-order valence-electron chi connectivity index (χ1n) is 8.10. The van der Waals surface area contributed by atoms with Crippen LogP contribution >= 0.6 is 0 Å². The van der Waals surface area contributed by atoms with Gasteiger partial charge in [-0.25, -0.2) is 0 Å². The zero-order valence-electron chi connectivity index (χ0n) is 12.9. The minimum atomic E-state index is 0.562. The fraction of sp³-hybridized carbons (Fsp3) is 1.00. The Morgan fingerprint density at radius 1 is 0.882 bits per heavy atom. The van der Waals surface area contributed by atoms with E-state index in [4.69, 9.17) is 0 Å². The maximum Gasteiger partial charge on any atom is -0.0218 e. The van der Waals surface area contributed by atoms with Gasteiger partial charge in [-0.05, 0) is 42.4 Å². The predicted octanol–water partition coefficient (Wildman–Crippen LogP) is 6.20. The molecule has 1 aliphatic carbocycles. The van der Waals surface area contributed by atoms with Gasteiger partial charge >= 0.3 is 0 Å². The Morgan fingerprint density at radius 2 is 1.41 bits per heavy atom. The van der Waals surface area contributed by atoms with Crippen molar-refractivity contribution in [2.24, 2.45) is 16.7 Å². The summed E-state index contributed by atoms with van der Waals surface area (Å²) >= 11 is 0. The summed E-state index contributed by atoms with van der Waals surface area (Å²) < 4.78 is 0. The molecule has 1 atom stereocenters. The van der Waals surface area contributed by atoms with Crippen LogP contribution in [0.25, 0.3) is 0 Å². The summed E-state index contributed by atoms with van der Waals surface area (Å²) in [6.07, 6.45) is 12.9. The smallest absolute Gasteiger partial charge is 0.0218 e. The standard InChI is InChI=1S/C17H34/c1-6-14-17(9-4,15-12-10-11-13-15)16(5,7-2)8-3/h15H,6-14H2,1-5H3. The van der Waals surface area contributed by atoms with Crippen molar-refractivity contribution in [3.05, 3.63) is 0 Å². The second-order valence-electron chi connectivity index (χ2n) is 6.51. The van der Waals surface area contributed by atoms with Crippen LogP contribution in [0.3, 0.4) is 0 Å². The SMILES string of the molecule is CCCC(CC)(C1CCCC1)C(C)(CC)CC. The molecule has 0 aromatic heterocycles. The average Bonchev–Trinajstić information content (AvgIpc) is 2.89. The Balaban J connectivity index is 3.05. The van der Waals surface area contributed by atoms with Gasteiger partial charge in [-0.2, -0.15) is 0 Å². The average molecular weight is 238 g/mol. The van der Waals surface area contributed by atoms with E-state index < -0.39 is 0 Å². The lowest BCUT2D eigenvalue weighted by molar-refractivity contribution is -0.0305. The van der Waals surface area contributed by atoms with E-state index in [-0.39, 0.29) is 0 Å². The molecule has 0 aromatic carbocycles. The van der Waals surface area contributed by atoms with Gasteiger partial charge in [-0.15, -0.1) is 0 Å². The van der Waals surface area contributed by atoms with Gasteiger partial charge in [0, 0.05) is 0 Å². The summed E-state index contributed by atoms with van der Waals surface area (Å²) in [6, 6.07) is 0. The van der Waals surface area contributed by atoms with Crippen LogP contribution in [-0.4, -0.2) is 0 Å². The van der Waals surface area contributed by atoms with E-state index in [9.17, 15) is 0 Å². The van der Waals surface area contributed by atoms with Crippen LogP contribution < -0.4 is 0 Å². The molecule has 0 bridgehead atoms. The van der Waals surface area contributed by atoms with Gasteiger partial charge in [-0.1, -0.05) is 66.7 Å². The number of hydrogen-bond donors (Lipinski definition) is 0. The zero-order chi connectivity index (χ0) is 12.9. The first kappa shape index (κ1) is 15.1. The first-order valence-corrected chi connectivity index (χ1v) is 8.10. The van der Waals surface area contributed by atoms with Crippen molar-refractivity contribution < 1.29 is 0 Å². The maximum absolute atomic E-state index is 2.57. The van der Waals surface area contributed by atoms with Crippen LogP contribution in [0.5, 0.6) is 0 Å². The summed E-state index contributed by atoms with van der Waals surface area (Å²) in [6.45, 7) is 12.2. The van der Waals surface area contributed by atoms with Crippen LogP contribution in [0.4, 0.5) is 0 Å². The molecule has 1 fully saturated rings. The third-order valence-corrected chi connectivity index (χ3v) is 6.23. The molecular weight excluding hydrogens is 204 g/mol. The van der Waals surface area contributed by atoms with Gasteiger partial charge in [0.2, 0.25) is 0 Å². The summed E-state index contributed by atoms with van der Waals surface area (Å²) in [5.74, 6) is 1.01. The quantitative estimate of drug-likeness (QED) is 0.495. The molecule has 1 saturated carbocycles. The molecule has 1 rings (SSSR count). The Morgan fingerprint density at radius 3 is 1.76 bits per heavy atom. The molecule has 0 N–H and O–H groups in total. The van der Waals surface area contributed by atoms with Gasteiger partial charge in [0.1, 0.15) is 0 Å². The number of hydrogen-bond acceptors (Lipinski definition) is 0. The minimum Gasteiger partial charge on any atom is -0.0654 e. The van der Waals surface area contributed by atoms with E-state index in [0.717, 1.165) is 5.92 Å². The lowest BCUT2D eigenvalue weighted by Gasteiger charge is -2.53. The van der Waals surface area contributed by atoms with Crippen LogP contribution in [0, 0.1) is 16.7 Å². The molecule has 17 heavy (non-hydrogen) atoms. The predicted molar refractivity (Wildman–Crippen MR) is 78.3 cm³/mol. The van der Waals surface area contributed by atoms with Crippen LogP contribution in [-0.2, 0) is 0 Å². The lowest BCUT2D eigenvalue weighted by atomic mass is 9.52. The van der Waals surface area contributed by atoms with Crippen molar-refractivity contribution in [1.82, 2.24) is 0 Å². The van der Waals surface area contributed by atoms with Crippen LogP contribution in [0.2, 0.25) is 0 Å². The van der Waals surface area contributed by atoms with Crippen molar-refractivity contribution in [2.45, 2.75) is 92.4 Å². The van der Waals surface area contributed by atoms with E-state index >= 15 is 0 Å². The Bertz CT molecular complexity index is 208. The molecule has 0 saturated heterocycles. The van der Waals surface area contributed by atoms with Crippen LogP contribution in [0.15, 0.2) is 0 Å². The molecule has 0 spiro atoms. The number of rotatable bonds is 7. The zero-order valence-corrected chi connectivity index (χ0v) is 12.9. The summed E-state index contributed by atoms with van der Waals surface area (Å²) in [4.78, 5) is 0. The molecular formula is C17H34. The summed E-state index contributed by atoms with van der Waals surface area (Å²) in [5.41, 5.74) is 1.19. The fourth-order valence-electron chi connectivity index (χ4n) is 4.77. The monoisotopic (exact) mass is 238 g/mol. The highest BCUT2D eigenvalue weighted by Crippen LogP contribution is 2.58. The Hall–Kier alpha value is 0. The van der Waals surface area contributed by atoms with Crippen molar-refractivity contribution in [2.75, 3.05) is 0 Å². The van der Waals surface area contributed by atoms with Gasteiger partial charge < -0.3 is 0 Å². The molecule has 0 nitrogen and oxygen atoms in total. The van der Waals surface area contributed by atoms with Gasteiger partial charge in [0.25, 0.3) is 0 Å². The van der Waals surface area contributed by atoms with Crippen molar-refractivity contribution in [3.63, 3.8) is 0 Å². The first-order chi connectivity index (χ1) is 8.10. The third-order valence-electron chi connectivity index (χ3n) is 6.23.